The molecule has 36 heavy (non-hydrogen) atoms. The van der Waals surface area contributed by atoms with Gasteiger partial charge in [0.15, 0.2) is 5.76 Å². The molecule has 1 aliphatic rings. The van der Waals surface area contributed by atoms with Gasteiger partial charge in [0.25, 0.3) is 0 Å². The van der Waals surface area contributed by atoms with Crippen molar-refractivity contribution in [2.45, 2.75) is 37.6 Å². The Morgan fingerprint density at radius 3 is 2.44 bits per heavy atom. The zero-order valence-electron chi connectivity index (χ0n) is 20.2. The second-order valence-electron chi connectivity index (χ2n) is 9.24. The highest BCUT2D eigenvalue weighted by molar-refractivity contribution is 5.59. The SMILES string of the molecule is CN(CCCN1CCC(C#N)(c2ccccc2)CC1)Cc1cc(-c2ccc(OC(F)(F)F)cc2)no1. The highest BCUT2D eigenvalue weighted by atomic mass is 19.4. The van der Waals surface area contributed by atoms with E-state index in [9.17, 15) is 18.4 Å². The van der Waals surface area contributed by atoms with Crippen LogP contribution in [0.5, 0.6) is 5.75 Å². The molecule has 2 aromatic carbocycles. The number of likely N-dealkylation sites (tertiary alicyclic amines) is 1. The van der Waals surface area contributed by atoms with Crippen LogP contribution < -0.4 is 4.74 Å². The van der Waals surface area contributed by atoms with Gasteiger partial charge in [0.2, 0.25) is 0 Å². The maximum atomic E-state index is 12.3. The normalized spacial score (nSPS) is 16.1. The average molecular weight is 499 g/mol. The largest absolute Gasteiger partial charge is 0.573 e. The lowest BCUT2D eigenvalue weighted by Gasteiger charge is -2.37. The number of hydrogen-bond donors (Lipinski definition) is 0. The van der Waals surface area contributed by atoms with E-state index in [1.54, 1.807) is 6.07 Å². The highest BCUT2D eigenvalue weighted by Crippen LogP contribution is 2.35. The first kappa shape index (κ1) is 25.7. The molecule has 6 nitrogen and oxygen atoms in total. The number of ether oxygens (including phenoxy) is 1. The van der Waals surface area contributed by atoms with E-state index in [1.165, 1.54) is 24.3 Å². The minimum absolute atomic E-state index is 0.276. The molecule has 0 N–H and O–H groups in total. The molecule has 0 radical (unpaired) electrons. The van der Waals surface area contributed by atoms with E-state index >= 15 is 0 Å². The molecule has 1 aliphatic heterocycles. The van der Waals surface area contributed by atoms with Crippen molar-refractivity contribution in [3.8, 4) is 23.1 Å². The molecule has 0 amide bonds. The lowest BCUT2D eigenvalue weighted by Crippen LogP contribution is -2.42. The molecule has 190 valence electrons. The fourth-order valence-electron chi connectivity index (χ4n) is 4.64. The summed E-state index contributed by atoms with van der Waals surface area (Å²) >= 11 is 0. The van der Waals surface area contributed by atoms with Crippen LogP contribution in [0.15, 0.2) is 65.2 Å². The molecular weight excluding hydrogens is 469 g/mol. The van der Waals surface area contributed by atoms with Crippen molar-refractivity contribution >= 4 is 0 Å². The van der Waals surface area contributed by atoms with Crippen molar-refractivity contribution in [1.29, 1.82) is 5.26 Å². The topological polar surface area (TPSA) is 65.5 Å². The first-order valence-electron chi connectivity index (χ1n) is 12.0. The fraction of sp³-hybridized carbons (Fsp3) is 0.407. The van der Waals surface area contributed by atoms with Crippen LogP contribution in [0.2, 0.25) is 0 Å². The van der Waals surface area contributed by atoms with E-state index < -0.39 is 6.36 Å². The van der Waals surface area contributed by atoms with Crippen molar-refractivity contribution in [2.75, 3.05) is 33.2 Å². The molecule has 0 bridgehead atoms. The predicted octanol–water partition coefficient (Wildman–Crippen LogP) is 5.62. The molecule has 0 saturated carbocycles. The Kier molecular flexibility index (Phi) is 7.97. The summed E-state index contributed by atoms with van der Waals surface area (Å²) < 4.78 is 46.3. The summed E-state index contributed by atoms with van der Waals surface area (Å²) in [7, 11) is 2.01. The van der Waals surface area contributed by atoms with Gasteiger partial charge in [-0.1, -0.05) is 35.5 Å². The van der Waals surface area contributed by atoms with Crippen molar-refractivity contribution in [3.05, 3.63) is 72.0 Å². The molecular formula is C27H29F3N4O2. The van der Waals surface area contributed by atoms with Crippen LogP contribution in [-0.2, 0) is 12.0 Å². The Labute approximate surface area is 208 Å². The summed E-state index contributed by atoms with van der Waals surface area (Å²) in [5, 5.41) is 13.9. The van der Waals surface area contributed by atoms with E-state index in [4.69, 9.17) is 4.52 Å². The van der Waals surface area contributed by atoms with Crippen molar-refractivity contribution in [2.24, 2.45) is 0 Å². The number of piperidine rings is 1. The molecule has 1 saturated heterocycles. The Hall–Kier alpha value is -3.35. The van der Waals surface area contributed by atoms with Gasteiger partial charge in [-0.25, -0.2) is 0 Å². The molecule has 1 aromatic heterocycles. The minimum Gasteiger partial charge on any atom is -0.406 e. The minimum atomic E-state index is -4.72. The van der Waals surface area contributed by atoms with Crippen LogP contribution in [0, 0.1) is 11.3 Å². The Bertz CT molecular complexity index is 1150. The summed E-state index contributed by atoms with van der Waals surface area (Å²) in [5.74, 6) is 0.407. The van der Waals surface area contributed by atoms with E-state index in [2.05, 4.69) is 37.9 Å². The van der Waals surface area contributed by atoms with E-state index in [-0.39, 0.29) is 11.2 Å². The second-order valence-corrected chi connectivity index (χ2v) is 9.24. The van der Waals surface area contributed by atoms with Gasteiger partial charge in [-0.2, -0.15) is 5.26 Å². The standard InChI is InChI=1S/C27H29F3N4O2/c1-33(14-5-15-34-16-12-26(20-31,13-17-34)22-6-3-2-4-7-22)19-24-18-25(32-36-24)21-8-10-23(11-9-21)35-27(28,29)30/h2-4,6-11,18H,5,12-17,19H2,1H3. The monoisotopic (exact) mass is 498 g/mol. The summed E-state index contributed by atoms with van der Waals surface area (Å²) in [6.07, 6.45) is -2.05. The summed E-state index contributed by atoms with van der Waals surface area (Å²) in [4.78, 5) is 4.57. The van der Waals surface area contributed by atoms with E-state index in [1.807, 2.05) is 25.2 Å². The van der Waals surface area contributed by atoms with E-state index in [0.717, 1.165) is 51.0 Å². The number of alkyl halides is 3. The zero-order chi connectivity index (χ0) is 25.6. The number of nitriles is 1. The van der Waals surface area contributed by atoms with E-state index in [0.29, 0.717) is 23.6 Å². The van der Waals surface area contributed by atoms with Crippen LogP contribution in [0.25, 0.3) is 11.3 Å². The number of nitrogens with zero attached hydrogens (tertiary/aromatic N) is 4. The summed E-state index contributed by atoms with van der Waals surface area (Å²) in [5.41, 5.74) is 1.94. The third kappa shape index (κ3) is 6.65. The van der Waals surface area contributed by atoms with Gasteiger partial charge in [0.05, 0.1) is 18.0 Å². The quantitative estimate of drug-likeness (QED) is 0.382. The third-order valence-corrected chi connectivity index (χ3v) is 6.63. The van der Waals surface area contributed by atoms with Crippen LogP contribution in [0.3, 0.4) is 0 Å². The molecule has 4 rings (SSSR count). The Morgan fingerprint density at radius 1 is 1.11 bits per heavy atom. The predicted molar refractivity (Wildman–Crippen MR) is 129 cm³/mol. The molecule has 3 aromatic rings. The molecule has 1 fully saturated rings. The molecule has 0 atom stereocenters. The molecule has 2 heterocycles. The summed E-state index contributed by atoms with van der Waals surface area (Å²) in [6, 6.07) is 20.0. The fourth-order valence-corrected chi connectivity index (χ4v) is 4.64. The highest BCUT2D eigenvalue weighted by Gasteiger charge is 2.36. The zero-order valence-corrected chi connectivity index (χ0v) is 20.2. The Balaban J connectivity index is 1.21. The number of benzene rings is 2. The van der Waals surface area contributed by atoms with Crippen LogP contribution >= 0.6 is 0 Å². The molecule has 0 aliphatic carbocycles. The lowest BCUT2D eigenvalue weighted by molar-refractivity contribution is -0.274. The summed E-state index contributed by atoms with van der Waals surface area (Å²) in [6.45, 7) is 4.23. The van der Waals surface area contributed by atoms with Crippen LogP contribution in [-0.4, -0.2) is 54.5 Å². The first-order valence-corrected chi connectivity index (χ1v) is 12.0. The molecule has 0 spiro atoms. The Morgan fingerprint density at radius 2 is 1.81 bits per heavy atom. The smallest absolute Gasteiger partial charge is 0.406 e. The van der Waals surface area contributed by atoms with Gasteiger partial charge in [-0.15, -0.1) is 13.2 Å². The molecule has 0 unspecified atom stereocenters. The van der Waals surface area contributed by atoms with Gasteiger partial charge in [0.1, 0.15) is 11.4 Å². The van der Waals surface area contributed by atoms with Gasteiger partial charge < -0.3 is 14.2 Å². The van der Waals surface area contributed by atoms with Crippen LogP contribution in [0.1, 0.15) is 30.6 Å². The number of hydrogen-bond acceptors (Lipinski definition) is 6. The molecule has 9 heteroatoms. The van der Waals surface area contributed by atoms with Crippen LogP contribution in [0.4, 0.5) is 13.2 Å². The maximum absolute atomic E-state index is 12.3. The van der Waals surface area contributed by atoms with Crippen molar-refractivity contribution in [3.63, 3.8) is 0 Å². The number of rotatable bonds is 9. The van der Waals surface area contributed by atoms with Crippen molar-refractivity contribution in [1.82, 2.24) is 15.0 Å². The number of halogens is 3. The van der Waals surface area contributed by atoms with Gasteiger partial charge >= 0.3 is 6.36 Å². The maximum Gasteiger partial charge on any atom is 0.573 e. The third-order valence-electron chi connectivity index (χ3n) is 6.63. The average Bonchev–Trinajstić information content (AvgIpc) is 3.33. The first-order chi connectivity index (χ1) is 17.3. The van der Waals surface area contributed by atoms with Gasteiger partial charge in [-0.05, 0) is 82.3 Å². The van der Waals surface area contributed by atoms with Gasteiger partial charge in [-0.3, -0.25) is 4.90 Å². The van der Waals surface area contributed by atoms with Gasteiger partial charge in [0, 0.05) is 11.6 Å². The lowest BCUT2D eigenvalue weighted by atomic mass is 9.74. The second kappa shape index (κ2) is 11.1. The number of aromatic nitrogens is 1. The van der Waals surface area contributed by atoms with Crippen molar-refractivity contribution < 1.29 is 22.4 Å².